The number of amides is 1. The highest BCUT2D eigenvalue weighted by Crippen LogP contribution is 2.15. The Morgan fingerprint density at radius 3 is 2.89 bits per heavy atom. The van der Waals surface area contributed by atoms with Crippen LogP contribution in [0.5, 0.6) is 5.75 Å². The zero-order valence-electron chi connectivity index (χ0n) is 10.4. The van der Waals surface area contributed by atoms with Gasteiger partial charge in [0.1, 0.15) is 5.75 Å². The molecule has 0 atom stereocenters. The Morgan fingerprint density at radius 2 is 2.22 bits per heavy atom. The smallest absolute Gasteiger partial charge is 0.254 e. The predicted octanol–water partition coefficient (Wildman–Crippen LogP) is 2.56. The lowest BCUT2D eigenvalue weighted by molar-refractivity contribution is 0.0784. The van der Waals surface area contributed by atoms with Gasteiger partial charge in [0.15, 0.2) is 0 Å². The molecule has 0 fully saturated rings. The highest BCUT2D eigenvalue weighted by Gasteiger charge is 2.13. The van der Waals surface area contributed by atoms with Crippen molar-refractivity contribution in [2.45, 2.75) is 6.54 Å². The SMILES string of the molecule is COc1cccc(C(=O)N(C)Cc2ccoc2)c1. The van der Waals surface area contributed by atoms with Crippen LogP contribution in [0.3, 0.4) is 0 Å². The number of hydrogen-bond donors (Lipinski definition) is 0. The molecule has 0 aliphatic carbocycles. The van der Waals surface area contributed by atoms with Gasteiger partial charge in [-0.3, -0.25) is 4.79 Å². The van der Waals surface area contributed by atoms with Crippen LogP contribution in [-0.4, -0.2) is 25.0 Å². The number of furan rings is 1. The highest BCUT2D eigenvalue weighted by atomic mass is 16.5. The molecular weight excluding hydrogens is 230 g/mol. The lowest BCUT2D eigenvalue weighted by Gasteiger charge is -2.16. The molecule has 0 saturated heterocycles. The predicted molar refractivity (Wildman–Crippen MR) is 67.5 cm³/mol. The summed E-state index contributed by atoms with van der Waals surface area (Å²) in [6, 6.07) is 8.96. The van der Waals surface area contributed by atoms with Gasteiger partial charge in [-0.15, -0.1) is 0 Å². The molecule has 1 aromatic heterocycles. The summed E-state index contributed by atoms with van der Waals surface area (Å²) in [7, 11) is 3.34. The fraction of sp³-hybridized carbons (Fsp3) is 0.214. The van der Waals surface area contributed by atoms with Crippen LogP contribution in [0.1, 0.15) is 15.9 Å². The quantitative estimate of drug-likeness (QED) is 0.831. The van der Waals surface area contributed by atoms with Gasteiger partial charge in [-0.2, -0.15) is 0 Å². The van der Waals surface area contributed by atoms with Crippen LogP contribution in [0.25, 0.3) is 0 Å². The first-order valence-electron chi connectivity index (χ1n) is 5.61. The third kappa shape index (κ3) is 2.71. The van der Waals surface area contributed by atoms with Crippen LogP contribution in [0.15, 0.2) is 47.3 Å². The summed E-state index contributed by atoms with van der Waals surface area (Å²) in [5, 5.41) is 0. The Kier molecular flexibility index (Phi) is 3.67. The van der Waals surface area contributed by atoms with Crippen LogP contribution in [-0.2, 0) is 6.54 Å². The van der Waals surface area contributed by atoms with Crippen LogP contribution < -0.4 is 4.74 Å². The molecular formula is C14H15NO3. The molecule has 18 heavy (non-hydrogen) atoms. The molecule has 0 spiro atoms. The number of benzene rings is 1. The van der Waals surface area contributed by atoms with Crippen molar-refractivity contribution >= 4 is 5.91 Å². The molecule has 0 N–H and O–H groups in total. The van der Waals surface area contributed by atoms with Crippen molar-refractivity contribution in [1.29, 1.82) is 0 Å². The van der Waals surface area contributed by atoms with Gasteiger partial charge in [0, 0.05) is 24.7 Å². The number of carbonyl (C=O) groups excluding carboxylic acids is 1. The standard InChI is InChI=1S/C14H15NO3/c1-15(9-11-6-7-18-10-11)14(16)12-4-3-5-13(8-12)17-2/h3-8,10H,9H2,1-2H3. The normalized spacial score (nSPS) is 10.1. The summed E-state index contributed by atoms with van der Waals surface area (Å²) in [5.74, 6) is 0.632. The van der Waals surface area contributed by atoms with Gasteiger partial charge >= 0.3 is 0 Å². The molecule has 1 heterocycles. The van der Waals surface area contributed by atoms with Crippen LogP contribution >= 0.6 is 0 Å². The van der Waals surface area contributed by atoms with E-state index in [4.69, 9.17) is 9.15 Å². The minimum Gasteiger partial charge on any atom is -0.497 e. The molecule has 0 saturated carbocycles. The van der Waals surface area contributed by atoms with E-state index in [0.717, 1.165) is 5.56 Å². The maximum Gasteiger partial charge on any atom is 0.254 e. The Hall–Kier alpha value is -2.23. The Balaban J connectivity index is 2.10. The Bertz CT molecular complexity index is 520. The van der Waals surface area contributed by atoms with E-state index in [1.807, 2.05) is 12.1 Å². The summed E-state index contributed by atoms with van der Waals surface area (Å²) in [6.45, 7) is 0.520. The highest BCUT2D eigenvalue weighted by molar-refractivity contribution is 5.94. The van der Waals surface area contributed by atoms with Gasteiger partial charge < -0.3 is 14.1 Å². The van der Waals surface area contributed by atoms with Gasteiger partial charge in [0.05, 0.1) is 19.6 Å². The number of ether oxygens (including phenoxy) is 1. The molecule has 4 nitrogen and oxygen atoms in total. The minimum absolute atomic E-state index is 0.0462. The molecule has 0 radical (unpaired) electrons. The zero-order valence-corrected chi connectivity index (χ0v) is 10.4. The molecule has 4 heteroatoms. The lowest BCUT2D eigenvalue weighted by atomic mass is 10.2. The van der Waals surface area contributed by atoms with Crippen molar-refractivity contribution in [2.24, 2.45) is 0 Å². The van der Waals surface area contributed by atoms with E-state index in [1.165, 1.54) is 0 Å². The first-order valence-corrected chi connectivity index (χ1v) is 5.61. The van der Waals surface area contributed by atoms with E-state index in [0.29, 0.717) is 17.9 Å². The molecule has 94 valence electrons. The number of nitrogens with zero attached hydrogens (tertiary/aromatic N) is 1. The Labute approximate surface area is 106 Å². The van der Waals surface area contributed by atoms with Crippen LogP contribution in [0.2, 0.25) is 0 Å². The third-order valence-electron chi connectivity index (χ3n) is 2.66. The van der Waals surface area contributed by atoms with Crippen molar-refractivity contribution in [2.75, 3.05) is 14.2 Å². The van der Waals surface area contributed by atoms with E-state index in [9.17, 15) is 4.79 Å². The number of rotatable bonds is 4. The fourth-order valence-electron chi connectivity index (χ4n) is 1.70. The fourth-order valence-corrected chi connectivity index (χ4v) is 1.70. The van der Waals surface area contributed by atoms with E-state index in [-0.39, 0.29) is 5.91 Å². The van der Waals surface area contributed by atoms with Crippen molar-refractivity contribution in [3.8, 4) is 5.75 Å². The van der Waals surface area contributed by atoms with Gasteiger partial charge in [0.2, 0.25) is 0 Å². The molecule has 0 aliphatic rings. The van der Waals surface area contributed by atoms with Gasteiger partial charge in [-0.1, -0.05) is 6.07 Å². The number of hydrogen-bond acceptors (Lipinski definition) is 3. The van der Waals surface area contributed by atoms with Gasteiger partial charge in [-0.05, 0) is 24.3 Å². The van der Waals surface area contributed by atoms with Crippen molar-refractivity contribution in [3.63, 3.8) is 0 Å². The molecule has 0 bridgehead atoms. The van der Waals surface area contributed by atoms with Crippen LogP contribution in [0, 0.1) is 0 Å². The summed E-state index contributed by atoms with van der Waals surface area (Å²) in [4.78, 5) is 13.8. The minimum atomic E-state index is -0.0462. The maximum atomic E-state index is 12.2. The van der Waals surface area contributed by atoms with Crippen LogP contribution in [0.4, 0.5) is 0 Å². The summed E-state index contributed by atoms with van der Waals surface area (Å²) in [6.07, 6.45) is 3.23. The van der Waals surface area contributed by atoms with E-state index in [1.54, 1.807) is 49.8 Å². The summed E-state index contributed by atoms with van der Waals surface area (Å²) >= 11 is 0. The summed E-state index contributed by atoms with van der Waals surface area (Å²) in [5.41, 5.74) is 1.58. The summed E-state index contributed by atoms with van der Waals surface area (Å²) < 4.78 is 10.1. The first-order chi connectivity index (χ1) is 8.70. The lowest BCUT2D eigenvalue weighted by Crippen LogP contribution is -2.25. The second-order valence-electron chi connectivity index (χ2n) is 4.02. The molecule has 1 amide bonds. The molecule has 1 aromatic carbocycles. The van der Waals surface area contributed by atoms with E-state index >= 15 is 0 Å². The second-order valence-corrected chi connectivity index (χ2v) is 4.02. The van der Waals surface area contributed by atoms with Gasteiger partial charge in [0.25, 0.3) is 5.91 Å². The van der Waals surface area contributed by atoms with E-state index < -0.39 is 0 Å². The monoisotopic (exact) mass is 245 g/mol. The van der Waals surface area contributed by atoms with Gasteiger partial charge in [-0.25, -0.2) is 0 Å². The maximum absolute atomic E-state index is 12.2. The molecule has 2 rings (SSSR count). The van der Waals surface area contributed by atoms with Crippen molar-refractivity contribution in [3.05, 3.63) is 54.0 Å². The molecule has 0 unspecified atom stereocenters. The third-order valence-corrected chi connectivity index (χ3v) is 2.66. The average Bonchev–Trinajstić information content (AvgIpc) is 2.90. The van der Waals surface area contributed by atoms with Crippen molar-refractivity contribution in [1.82, 2.24) is 4.90 Å². The van der Waals surface area contributed by atoms with E-state index in [2.05, 4.69) is 0 Å². The topological polar surface area (TPSA) is 42.7 Å². The largest absolute Gasteiger partial charge is 0.497 e. The van der Waals surface area contributed by atoms with Crippen molar-refractivity contribution < 1.29 is 13.9 Å². The molecule has 2 aromatic rings. The number of carbonyl (C=O) groups is 1. The zero-order chi connectivity index (χ0) is 13.0. The average molecular weight is 245 g/mol. The Morgan fingerprint density at radius 1 is 1.39 bits per heavy atom. The molecule has 0 aliphatic heterocycles. The number of methoxy groups -OCH3 is 1. The second kappa shape index (κ2) is 5.40. The first kappa shape index (κ1) is 12.2.